The van der Waals surface area contributed by atoms with Gasteiger partial charge in [-0.2, -0.15) is 0 Å². The largest absolute Gasteiger partial charge is 0.440 e. The standard InChI is InChI=1S/C17H20ClN3O3.2ClH/c18-12-1-2-15-13(9-12)20-16(24-15)11-3-6-21(7-4-11)17(22)14-10-23-8-5-19-14;;/h1-2,9,11,14,19H,3-8,10H2;2*1H. The number of carbonyl (C=O) groups excluding carboxylic acids is 1. The molecule has 1 aromatic heterocycles. The topological polar surface area (TPSA) is 67.6 Å². The number of oxazole rings is 1. The summed E-state index contributed by atoms with van der Waals surface area (Å²) in [5.41, 5.74) is 1.55. The molecule has 144 valence electrons. The number of amides is 1. The van der Waals surface area contributed by atoms with Crippen LogP contribution in [0.15, 0.2) is 22.6 Å². The minimum Gasteiger partial charge on any atom is -0.440 e. The van der Waals surface area contributed by atoms with Crippen molar-refractivity contribution in [1.29, 1.82) is 0 Å². The number of ether oxygens (including phenoxy) is 1. The van der Waals surface area contributed by atoms with Crippen LogP contribution in [-0.4, -0.2) is 54.7 Å². The average molecular weight is 423 g/mol. The summed E-state index contributed by atoms with van der Waals surface area (Å²) in [6.07, 6.45) is 1.72. The number of hydrogen-bond acceptors (Lipinski definition) is 5. The lowest BCUT2D eigenvalue weighted by molar-refractivity contribution is -0.137. The maximum absolute atomic E-state index is 12.5. The molecule has 3 heterocycles. The molecule has 4 rings (SSSR count). The molecule has 6 nitrogen and oxygen atoms in total. The molecule has 1 atom stereocenters. The van der Waals surface area contributed by atoms with Gasteiger partial charge in [0.1, 0.15) is 11.6 Å². The van der Waals surface area contributed by atoms with Gasteiger partial charge >= 0.3 is 0 Å². The summed E-state index contributed by atoms with van der Waals surface area (Å²) in [7, 11) is 0. The van der Waals surface area contributed by atoms with E-state index < -0.39 is 0 Å². The monoisotopic (exact) mass is 421 g/mol. The predicted molar refractivity (Wildman–Crippen MR) is 105 cm³/mol. The van der Waals surface area contributed by atoms with E-state index in [1.54, 1.807) is 6.07 Å². The number of piperidine rings is 1. The van der Waals surface area contributed by atoms with E-state index in [-0.39, 0.29) is 42.7 Å². The van der Waals surface area contributed by atoms with E-state index in [9.17, 15) is 4.79 Å². The quantitative estimate of drug-likeness (QED) is 0.806. The number of halogens is 3. The van der Waals surface area contributed by atoms with Crippen molar-refractivity contribution >= 4 is 53.4 Å². The molecule has 2 aromatic rings. The molecule has 0 bridgehead atoms. The molecule has 9 heteroatoms. The third kappa shape index (κ3) is 4.43. The molecule has 2 fully saturated rings. The normalized spacial score (nSPS) is 21.1. The van der Waals surface area contributed by atoms with Crippen LogP contribution in [0.1, 0.15) is 24.7 Å². The van der Waals surface area contributed by atoms with Gasteiger partial charge in [0.2, 0.25) is 5.91 Å². The second-order valence-corrected chi connectivity index (χ2v) is 6.78. The number of hydrogen-bond donors (Lipinski definition) is 1. The van der Waals surface area contributed by atoms with E-state index in [2.05, 4.69) is 10.3 Å². The number of carbonyl (C=O) groups is 1. The molecule has 1 N–H and O–H groups in total. The molecule has 26 heavy (non-hydrogen) atoms. The van der Waals surface area contributed by atoms with Gasteiger partial charge in [0.15, 0.2) is 11.5 Å². The number of morpholine rings is 1. The molecule has 2 aliphatic rings. The van der Waals surface area contributed by atoms with E-state index in [1.165, 1.54) is 0 Å². The Bertz CT molecular complexity index is 741. The van der Waals surface area contributed by atoms with Crippen molar-refractivity contribution < 1.29 is 13.9 Å². The Hall–Kier alpha value is -1.05. The van der Waals surface area contributed by atoms with Crippen molar-refractivity contribution in [2.75, 3.05) is 32.8 Å². The number of nitrogens with one attached hydrogen (secondary N) is 1. The second kappa shape index (κ2) is 9.24. The van der Waals surface area contributed by atoms with Crippen LogP contribution in [0.3, 0.4) is 0 Å². The van der Waals surface area contributed by atoms with Crippen molar-refractivity contribution in [3.05, 3.63) is 29.1 Å². The molecule has 1 amide bonds. The molecular formula is C17H22Cl3N3O3. The number of benzene rings is 1. The summed E-state index contributed by atoms with van der Waals surface area (Å²) in [6, 6.07) is 5.26. The van der Waals surface area contributed by atoms with Gasteiger partial charge < -0.3 is 19.4 Å². The highest BCUT2D eigenvalue weighted by Crippen LogP contribution is 2.31. The summed E-state index contributed by atoms with van der Waals surface area (Å²) < 4.78 is 11.3. The van der Waals surface area contributed by atoms with Crippen molar-refractivity contribution in [3.63, 3.8) is 0 Å². The summed E-state index contributed by atoms with van der Waals surface area (Å²) in [6.45, 7) is 3.32. The first kappa shape index (κ1) is 21.3. The zero-order valence-electron chi connectivity index (χ0n) is 14.2. The van der Waals surface area contributed by atoms with Crippen LogP contribution in [0.5, 0.6) is 0 Å². The lowest BCUT2D eigenvalue weighted by Crippen LogP contribution is -2.53. The second-order valence-electron chi connectivity index (χ2n) is 6.35. The van der Waals surface area contributed by atoms with Gasteiger partial charge in [0.25, 0.3) is 0 Å². The van der Waals surface area contributed by atoms with Gasteiger partial charge in [0, 0.05) is 30.6 Å². The van der Waals surface area contributed by atoms with Crippen LogP contribution in [0.25, 0.3) is 11.1 Å². The van der Waals surface area contributed by atoms with Gasteiger partial charge in [0.05, 0.1) is 13.2 Å². The van der Waals surface area contributed by atoms with E-state index in [0.717, 1.165) is 49.5 Å². The van der Waals surface area contributed by atoms with E-state index in [0.29, 0.717) is 18.2 Å². The van der Waals surface area contributed by atoms with Crippen LogP contribution in [-0.2, 0) is 9.53 Å². The maximum Gasteiger partial charge on any atom is 0.242 e. The smallest absolute Gasteiger partial charge is 0.242 e. The van der Waals surface area contributed by atoms with Crippen molar-refractivity contribution in [1.82, 2.24) is 15.2 Å². The first-order chi connectivity index (χ1) is 11.7. The van der Waals surface area contributed by atoms with Gasteiger partial charge in [-0.05, 0) is 31.0 Å². The van der Waals surface area contributed by atoms with Gasteiger partial charge in [-0.3, -0.25) is 4.79 Å². The van der Waals surface area contributed by atoms with Crippen LogP contribution >= 0.6 is 36.4 Å². The Morgan fingerprint density at radius 3 is 2.73 bits per heavy atom. The van der Waals surface area contributed by atoms with Crippen molar-refractivity contribution in [3.8, 4) is 0 Å². The summed E-state index contributed by atoms with van der Waals surface area (Å²) in [4.78, 5) is 19.0. The molecule has 0 spiro atoms. The van der Waals surface area contributed by atoms with E-state index in [4.69, 9.17) is 20.8 Å². The number of likely N-dealkylation sites (tertiary alicyclic amines) is 1. The fourth-order valence-electron chi connectivity index (χ4n) is 3.38. The molecule has 1 aromatic carbocycles. The molecule has 0 radical (unpaired) electrons. The zero-order chi connectivity index (χ0) is 16.5. The number of aromatic nitrogens is 1. The Morgan fingerprint density at radius 1 is 1.27 bits per heavy atom. The average Bonchev–Trinajstić information content (AvgIpc) is 3.05. The predicted octanol–water partition coefficient (Wildman–Crippen LogP) is 3.02. The van der Waals surface area contributed by atoms with E-state index in [1.807, 2.05) is 17.0 Å². The summed E-state index contributed by atoms with van der Waals surface area (Å²) >= 11 is 6.00. The van der Waals surface area contributed by atoms with Crippen LogP contribution in [0.2, 0.25) is 5.02 Å². The lowest BCUT2D eigenvalue weighted by atomic mass is 9.96. The SMILES string of the molecule is Cl.Cl.O=C(C1COCCN1)N1CCC(c2nc3cc(Cl)ccc3o2)CC1. The van der Waals surface area contributed by atoms with Crippen LogP contribution in [0, 0.1) is 0 Å². The van der Waals surface area contributed by atoms with Gasteiger partial charge in [-0.25, -0.2) is 4.98 Å². The minimum atomic E-state index is -0.207. The highest BCUT2D eigenvalue weighted by atomic mass is 35.5. The maximum atomic E-state index is 12.5. The van der Waals surface area contributed by atoms with Gasteiger partial charge in [-0.1, -0.05) is 11.6 Å². The highest BCUT2D eigenvalue weighted by molar-refractivity contribution is 6.31. The van der Waals surface area contributed by atoms with Crippen molar-refractivity contribution in [2.45, 2.75) is 24.8 Å². The van der Waals surface area contributed by atoms with Crippen molar-refractivity contribution in [2.24, 2.45) is 0 Å². The van der Waals surface area contributed by atoms with Crippen LogP contribution in [0.4, 0.5) is 0 Å². The molecule has 2 saturated heterocycles. The third-order valence-electron chi connectivity index (χ3n) is 4.74. The minimum absolute atomic E-state index is 0. The Kier molecular flexibility index (Phi) is 7.55. The fraction of sp³-hybridized carbons (Fsp3) is 0.529. The molecule has 2 aliphatic heterocycles. The first-order valence-electron chi connectivity index (χ1n) is 8.36. The molecule has 0 saturated carbocycles. The van der Waals surface area contributed by atoms with E-state index >= 15 is 0 Å². The Labute approximate surface area is 169 Å². The third-order valence-corrected chi connectivity index (χ3v) is 4.98. The Balaban J connectivity index is 0.00000121. The van der Waals surface area contributed by atoms with Crippen LogP contribution < -0.4 is 5.32 Å². The summed E-state index contributed by atoms with van der Waals surface area (Å²) in [5, 5.41) is 3.88. The summed E-state index contributed by atoms with van der Waals surface area (Å²) in [5.74, 6) is 1.13. The number of nitrogens with zero attached hydrogens (tertiary/aromatic N) is 2. The first-order valence-corrected chi connectivity index (χ1v) is 8.74. The highest BCUT2D eigenvalue weighted by Gasteiger charge is 2.31. The van der Waals surface area contributed by atoms with Gasteiger partial charge in [-0.15, -0.1) is 24.8 Å². The number of rotatable bonds is 2. The lowest BCUT2D eigenvalue weighted by Gasteiger charge is -2.34. The Morgan fingerprint density at radius 2 is 2.04 bits per heavy atom. The molecule has 1 unspecified atom stereocenters. The molecular weight excluding hydrogens is 401 g/mol. The molecule has 0 aliphatic carbocycles. The number of fused-ring (bicyclic) bond motifs is 1. The zero-order valence-corrected chi connectivity index (χ0v) is 16.5. The fourth-order valence-corrected chi connectivity index (χ4v) is 3.55.